The summed E-state index contributed by atoms with van der Waals surface area (Å²) in [6, 6.07) is 9.20. The molecule has 0 spiro atoms. The van der Waals surface area contributed by atoms with Gasteiger partial charge in [0.15, 0.2) is 11.5 Å². The number of pyridine rings is 1. The smallest absolute Gasteiger partial charge is 0.237 e. The molecule has 0 aliphatic carbocycles. The van der Waals surface area contributed by atoms with E-state index in [2.05, 4.69) is 10.3 Å². The summed E-state index contributed by atoms with van der Waals surface area (Å²) < 4.78 is 15.7. The van der Waals surface area contributed by atoms with Gasteiger partial charge in [-0.3, -0.25) is 4.79 Å². The zero-order valence-corrected chi connectivity index (χ0v) is 12.2. The molecule has 0 atom stereocenters. The molecule has 114 valence electrons. The molecular formula is C16H16N2O4. The highest BCUT2D eigenvalue weighted by atomic mass is 16.7. The molecule has 1 aliphatic rings. The number of hydrogen-bond acceptors (Lipinski definition) is 5. The van der Waals surface area contributed by atoms with Gasteiger partial charge in [0, 0.05) is 12.6 Å². The van der Waals surface area contributed by atoms with Crippen molar-refractivity contribution in [2.45, 2.75) is 12.8 Å². The second-order valence-electron chi connectivity index (χ2n) is 4.80. The molecule has 1 amide bonds. The van der Waals surface area contributed by atoms with Crippen molar-refractivity contribution < 1.29 is 19.0 Å². The number of nitrogens with zero attached hydrogens (tertiary/aromatic N) is 1. The van der Waals surface area contributed by atoms with Gasteiger partial charge in [0.2, 0.25) is 18.6 Å². The van der Waals surface area contributed by atoms with Gasteiger partial charge in [0.25, 0.3) is 0 Å². The first kappa shape index (κ1) is 14.2. The number of benzene rings is 1. The van der Waals surface area contributed by atoms with E-state index in [1.54, 1.807) is 18.3 Å². The molecule has 1 aromatic carbocycles. The maximum Gasteiger partial charge on any atom is 0.237 e. The number of carbonyl (C=O) groups excluding carboxylic acids is 1. The van der Waals surface area contributed by atoms with Gasteiger partial charge in [-0.15, -0.1) is 0 Å². The van der Waals surface area contributed by atoms with Crippen LogP contribution in [-0.4, -0.2) is 24.8 Å². The van der Waals surface area contributed by atoms with Crippen LogP contribution in [0, 0.1) is 0 Å². The molecule has 0 unspecified atom stereocenters. The molecule has 3 rings (SSSR count). The number of amides is 1. The Morgan fingerprint density at radius 1 is 1.32 bits per heavy atom. The summed E-state index contributed by atoms with van der Waals surface area (Å²) in [6.45, 7) is 0.250. The molecule has 0 saturated carbocycles. The van der Waals surface area contributed by atoms with E-state index in [9.17, 15) is 4.79 Å². The Labute approximate surface area is 128 Å². The summed E-state index contributed by atoms with van der Waals surface area (Å²) >= 11 is 0. The highest BCUT2D eigenvalue weighted by Crippen LogP contribution is 2.32. The number of ether oxygens (including phenoxy) is 3. The van der Waals surface area contributed by atoms with Crippen molar-refractivity contribution in [3.8, 4) is 17.4 Å². The topological polar surface area (TPSA) is 69.7 Å². The summed E-state index contributed by atoms with van der Waals surface area (Å²) in [5, 5.41) is 2.80. The molecule has 0 bridgehead atoms. The van der Waals surface area contributed by atoms with Gasteiger partial charge < -0.3 is 19.5 Å². The predicted octanol–water partition coefficient (Wildman–Crippen LogP) is 2.39. The van der Waals surface area contributed by atoms with Crippen molar-refractivity contribution in [1.29, 1.82) is 0 Å². The van der Waals surface area contributed by atoms with E-state index in [1.807, 2.05) is 18.2 Å². The highest BCUT2D eigenvalue weighted by Gasteiger charge is 2.14. The molecule has 0 saturated heterocycles. The summed E-state index contributed by atoms with van der Waals surface area (Å²) in [5.41, 5.74) is 1.60. The zero-order chi connectivity index (χ0) is 15.4. The van der Waals surface area contributed by atoms with Gasteiger partial charge in [0.1, 0.15) is 5.69 Å². The Morgan fingerprint density at radius 2 is 2.18 bits per heavy atom. The van der Waals surface area contributed by atoms with Crippen LogP contribution in [0.15, 0.2) is 36.5 Å². The number of hydrogen-bond donors (Lipinski definition) is 1. The molecule has 2 aromatic rings. The number of carbonyl (C=O) groups is 1. The quantitative estimate of drug-likeness (QED) is 0.918. The molecule has 6 nitrogen and oxygen atoms in total. The fourth-order valence-electron chi connectivity index (χ4n) is 2.22. The van der Waals surface area contributed by atoms with Gasteiger partial charge in [-0.2, -0.15) is 0 Å². The van der Waals surface area contributed by atoms with Gasteiger partial charge in [0.05, 0.1) is 7.11 Å². The van der Waals surface area contributed by atoms with E-state index in [0.29, 0.717) is 24.4 Å². The maximum absolute atomic E-state index is 12.0. The molecule has 22 heavy (non-hydrogen) atoms. The van der Waals surface area contributed by atoms with Crippen molar-refractivity contribution in [3.05, 3.63) is 42.1 Å². The fourth-order valence-corrected chi connectivity index (χ4v) is 2.22. The molecule has 1 aromatic heterocycles. The average molecular weight is 300 g/mol. The van der Waals surface area contributed by atoms with Gasteiger partial charge >= 0.3 is 0 Å². The molecule has 6 heteroatoms. The van der Waals surface area contributed by atoms with E-state index in [0.717, 1.165) is 17.1 Å². The van der Waals surface area contributed by atoms with Crippen LogP contribution in [0.3, 0.4) is 0 Å². The molecule has 0 fully saturated rings. The number of methoxy groups -OCH3 is 1. The summed E-state index contributed by atoms with van der Waals surface area (Å²) in [6.07, 6.45) is 2.59. The first-order valence-corrected chi connectivity index (χ1v) is 6.93. The summed E-state index contributed by atoms with van der Waals surface area (Å²) in [5.74, 6) is 1.78. The molecule has 1 N–H and O–H groups in total. The van der Waals surface area contributed by atoms with Crippen molar-refractivity contribution in [1.82, 2.24) is 4.98 Å². The van der Waals surface area contributed by atoms with Crippen LogP contribution in [0.4, 0.5) is 5.69 Å². The van der Waals surface area contributed by atoms with Gasteiger partial charge in [-0.25, -0.2) is 4.98 Å². The minimum absolute atomic E-state index is 0.0935. The van der Waals surface area contributed by atoms with Crippen LogP contribution in [0.1, 0.15) is 12.0 Å². The number of aromatic nitrogens is 1. The molecule has 1 aliphatic heterocycles. The summed E-state index contributed by atoms with van der Waals surface area (Å²) in [7, 11) is 1.52. The lowest BCUT2D eigenvalue weighted by Gasteiger charge is -2.08. The molecule has 0 radical (unpaired) electrons. The second-order valence-corrected chi connectivity index (χ2v) is 4.80. The largest absolute Gasteiger partial charge is 0.480 e. The first-order chi connectivity index (χ1) is 10.8. The van der Waals surface area contributed by atoms with Crippen molar-refractivity contribution in [2.75, 3.05) is 19.2 Å². The van der Waals surface area contributed by atoms with Crippen LogP contribution in [0.25, 0.3) is 0 Å². The fraction of sp³-hybridized carbons (Fsp3) is 0.250. The average Bonchev–Trinajstić information content (AvgIpc) is 3.01. The van der Waals surface area contributed by atoms with Crippen molar-refractivity contribution in [3.63, 3.8) is 0 Å². The number of anilines is 1. The van der Waals surface area contributed by atoms with E-state index in [1.165, 1.54) is 7.11 Å². The SMILES string of the molecule is COc1ncccc1NC(=O)CCc1ccc2c(c1)OCO2. The third kappa shape index (κ3) is 3.11. The monoisotopic (exact) mass is 300 g/mol. The Bertz CT molecular complexity index is 688. The van der Waals surface area contributed by atoms with Crippen LogP contribution in [-0.2, 0) is 11.2 Å². The minimum atomic E-state index is -0.0935. The number of rotatable bonds is 5. The Kier molecular flexibility index (Phi) is 4.09. The van der Waals surface area contributed by atoms with Crippen molar-refractivity contribution in [2.24, 2.45) is 0 Å². The number of fused-ring (bicyclic) bond motifs is 1. The van der Waals surface area contributed by atoms with Gasteiger partial charge in [-0.05, 0) is 36.2 Å². The van der Waals surface area contributed by atoms with Crippen molar-refractivity contribution >= 4 is 11.6 Å². The predicted molar refractivity (Wildman–Crippen MR) is 80.3 cm³/mol. The first-order valence-electron chi connectivity index (χ1n) is 6.93. The van der Waals surface area contributed by atoms with Crippen LogP contribution in [0.5, 0.6) is 17.4 Å². The Hall–Kier alpha value is -2.76. The van der Waals surface area contributed by atoms with E-state index in [-0.39, 0.29) is 12.7 Å². The second kappa shape index (κ2) is 6.34. The number of aryl methyl sites for hydroxylation is 1. The van der Waals surface area contributed by atoms with Crippen LogP contribution < -0.4 is 19.5 Å². The van der Waals surface area contributed by atoms with E-state index in [4.69, 9.17) is 14.2 Å². The lowest BCUT2D eigenvalue weighted by atomic mass is 10.1. The normalized spacial score (nSPS) is 12.0. The Morgan fingerprint density at radius 3 is 3.05 bits per heavy atom. The van der Waals surface area contributed by atoms with E-state index >= 15 is 0 Å². The van der Waals surface area contributed by atoms with Crippen LogP contribution >= 0.6 is 0 Å². The minimum Gasteiger partial charge on any atom is -0.480 e. The summed E-state index contributed by atoms with van der Waals surface area (Å²) in [4.78, 5) is 16.1. The van der Waals surface area contributed by atoms with Crippen LogP contribution in [0.2, 0.25) is 0 Å². The highest BCUT2D eigenvalue weighted by molar-refractivity contribution is 5.92. The maximum atomic E-state index is 12.0. The number of nitrogens with one attached hydrogen (secondary N) is 1. The third-order valence-corrected chi connectivity index (χ3v) is 3.32. The lowest BCUT2D eigenvalue weighted by molar-refractivity contribution is -0.116. The Balaban J connectivity index is 1.58. The molecular weight excluding hydrogens is 284 g/mol. The van der Waals surface area contributed by atoms with E-state index < -0.39 is 0 Å². The lowest BCUT2D eigenvalue weighted by Crippen LogP contribution is -2.13. The third-order valence-electron chi connectivity index (χ3n) is 3.32. The van der Waals surface area contributed by atoms with Gasteiger partial charge in [-0.1, -0.05) is 6.07 Å². The molecule has 2 heterocycles. The zero-order valence-electron chi connectivity index (χ0n) is 12.2. The standard InChI is InChI=1S/C16H16N2O4/c1-20-16-12(3-2-8-17-16)18-15(19)7-5-11-4-6-13-14(9-11)22-10-21-13/h2-4,6,8-9H,5,7,10H2,1H3,(H,18,19).